The molecule has 0 fully saturated rings. The second-order valence-electron chi connectivity index (χ2n) is 3.72. The molecule has 0 saturated heterocycles. The number of nitrogens with one attached hydrogen (secondary N) is 1. The quantitative estimate of drug-likeness (QED) is 0.793. The Kier molecular flexibility index (Phi) is 3.81. The zero-order chi connectivity index (χ0) is 12.8. The topological polar surface area (TPSA) is 58.6 Å². The Morgan fingerprint density at radius 1 is 1.17 bits per heavy atom. The van der Waals surface area contributed by atoms with Gasteiger partial charge < -0.3 is 15.2 Å². The van der Waals surface area contributed by atoms with E-state index in [-0.39, 0.29) is 5.75 Å². The fourth-order valence-corrected chi connectivity index (χ4v) is 1.58. The number of benzene rings is 2. The molecule has 18 heavy (non-hydrogen) atoms. The number of phenols is 1. The van der Waals surface area contributed by atoms with Crippen LogP contribution >= 0.6 is 0 Å². The van der Waals surface area contributed by atoms with Crippen molar-refractivity contribution in [3.8, 4) is 11.5 Å². The molecule has 2 rings (SSSR count). The molecular formula is C14H13NO3. The van der Waals surface area contributed by atoms with Gasteiger partial charge in [0.1, 0.15) is 18.1 Å². The van der Waals surface area contributed by atoms with Gasteiger partial charge in [0.2, 0.25) is 6.41 Å². The average molecular weight is 243 g/mol. The van der Waals surface area contributed by atoms with Crippen LogP contribution < -0.4 is 10.1 Å². The van der Waals surface area contributed by atoms with Gasteiger partial charge in [0.05, 0.1) is 5.69 Å². The Morgan fingerprint density at radius 2 is 2.00 bits per heavy atom. The lowest BCUT2D eigenvalue weighted by molar-refractivity contribution is -0.105. The van der Waals surface area contributed by atoms with Crippen molar-refractivity contribution in [3.63, 3.8) is 0 Å². The smallest absolute Gasteiger partial charge is 0.211 e. The first-order chi connectivity index (χ1) is 8.79. The van der Waals surface area contributed by atoms with Gasteiger partial charge in [0.25, 0.3) is 0 Å². The minimum atomic E-state index is 0.204. The number of anilines is 1. The predicted molar refractivity (Wildman–Crippen MR) is 68.6 cm³/mol. The van der Waals surface area contributed by atoms with Gasteiger partial charge in [0, 0.05) is 0 Å². The first-order valence-electron chi connectivity index (χ1n) is 5.49. The van der Waals surface area contributed by atoms with Crippen molar-refractivity contribution < 1.29 is 14.6 Å². The van der Waals surface area contributed by atoms with E-state index in [2.05, 4.69) is 5.32 Å². The number of carbonyl (C=O) groups is 1. The average Bonchev–Trinajstić information content (AvgIpc) is 2.38. The summed E-state index contributed by atoms with van der Waals surface area (Å²) in [5.74, 6) is 0.795. The normalized spacial score (nSPS) is 9.78. The monoisotopic (exact) mass is 243 g/mol. The number of ether oxygens (including phenoxy) is 1. The summed E-state index contributed by atoms with van der Waals surface area (Å²) < 4.78 is 5.60. The molecule has 0 radical (unpaired) electrons. The molecule has 0 aliphatic heterocycles. The third kappa shape index (κ3) is 3.01. The van der Waals surface area contributed by atoms with Gasteiger partial charge in [-0.1, -0.05) is 24.3 Å². The number of para-hydroxylation sites is 2. The lowest BCUT2D eigenvalue weighted by atomic mass is 10.2. The highest BCUT2D eigenvalue weighted by molar-refractivity contribution is 5.75. The number of hydrogen-bond donors (Lipinski definition) is 2. The van der Waals surface area contributed by atoms with E-state index < -0.39 is 0 Å². The highest BCUT2D eigenvalue weighted by Gasteiger charge is 2.02. The Labute approximate surface area is 105 Å². The van der Waals surface area contributed by atoms with E-state index in [1.54, 1.807) is 30.3 Å². The summed E-state index contributed by atoms with van der Waals surface area (Å²) in [6, 6.07) is 14.0. The fraction of sp³-hybridized carbons (Fsp3) is 0.0714. The molecule has 0 heterocycles. The third-order valence-corrected chi connectivity index (χ3v) is 2.41. The van der Waals surface area contributed by atoms with Crippen LogP contribution in [-0.4, -0.2) is 11.5 Å². The molecule has 2 aromatic carbocycles. The molecule has 0 aliphatic rings. The van der Waals surface area contributed by atoms with Crippen LogP contribution in [-0.2, 0) is 11.4 Å². The molecular weight excluding hydrogens is 230 g/mol. The van der Waals surface area contributed by atoms with Crippen LogP contribution in [0.25, 0.3) is 0 Å². The Bertz CT molecular complexity index is 540. The second kappa shape index (κ2) is 5.72. The van der Waals surface area contributed by atoms with Crippen molar-refractivity contribution >= 4 is 12.1 Å². The highest BCUT2D eigenvalue weighted by Crippen LogP contribution is 2.24. The SMILES string of the molecule is O=CNc1ccccc1OCc1cccc(O)c1. The first-order valence-corrected chi connectivity index (χ1v) is 5.49. The second-order valence-corrected chi connectivity index (χ2v) is 3.72. The minimum absolute atomic E-state index is 0.204. The van der Waals surface area contributed by atoms with Crippen molar-refractivity contribution in [2.24, 2.45) is 0 Å². The van der Waals surface area contributed by atoms with Crippen molar-refractivity contribution in [1.82, 2.24) is 0 Å². The number of rotatable bonds is 5. The van der Waals surface area contributed by atoms with E-state index in [1.807, 2.05) is 18.2 Å². The van der Waals surface area contributed by atoms with Gasteiger partial charge >= 0.3 is 0 Å². The molecule has 0 atom stereocenters. The zero-order valence-corrected chi connectivity index (χ0v) is 9.67. The van der Waals surface area contributed by atoms with Crippen molar-refractivity contribution in [2.45, 2.75) is 6.61 Å². The number of phenolic OH excluding ortho intramolecular Hbond substituents is 1. The summed E-state index contributed by atoms with van der Waals surface area (Å²) in [4.78, 5) is 10.4. The molecule has 0 unspecified atom stereocenters. The molecule has 4 heteroatoms. The van der Waals surface area contributed by atoms with Crippen molar-refractivity contribution in [1.29, 1.82) is 0 Å². The van der Waals surface area contributed by atoms with E-state index >= 15 is 0 Å². The lowest BCUT2D eigenvalue weighted by Crippen LogP contribution is -2.00. The first kappa shape index (κ1) is 12.0. The van der Waals surface area contributed by atoms with Crippen LogP contribution in [0.2, 0.25) is 0 Å². The summed E-state index contributed by atoms with van der Waals surface area (Å²) in [5.41, 5.74) is 1.48. The lowest BCUT2D eigenvalue weighted by Gasteiger charge is -2.10. The molecule has 4 nitrogen and oxygen atoms in total. The maximum atomic E-state index is 10.4. The molecule has 0 aliphatic carbocycles. The maximum absolute atomic E-state index is 10.4. The van der Waals surface area contributed by atoms with Crippen LogP contribution in [0.5, 0.6) is 11.5 Å². The zero-order valence-electron chi connectivity index (χ0n) is 9.67. The molecule has 0 bridgehead atoms. The summed E-state index contributed by atoms with van der Waals surface area (Å²) >= 11 is 0. The molecule has 0 spiro atoms. The maximum Gasteiger partial charge on any atom is 0.211 e. The Hall–Kier alpha value is -2.49. The molecule has 0 saturated carbocycles. The van der Waals surface area contributed by atoms with E-state index in [4.69, 9.17) is 4.74 Å². The van der Waals surface area contributed by atoms with Crippen LogP contribution in [0.1, 0.15) is 5.56 Å². The summed E-state index contributed by atoms with van der Waals surface area (Å²) in [6.07, 6.45) is 0.608. The summed E-state index contributed by atoms with van der Waals surface area (Å²) in [5, 5.41) is 11.9. The Balaban J connectivity index is 2.08. The third-order valence-electron chi connectivity index (χ3n) is 2.41. The van der Waals surface area contributed by atoms with Gasteiger partial charge in [-0.3, -0.25) is 4.79 Å². The van der Waals surface area contributed by atoms with Crippen molar-refractivity contribution in [2.75, 3.05) is 5.32 Å². The molecule has 1 amide bonds. The molecule has 92 valence electrons. The number of amides is 1. The standard InChI is InChI=1S/C14H13NO3/c16-10-15-13-6-1-2-7-14(13)18-9-11-4-3-5-12(17)8-11/h1-8,10,17H,9H2,(H,15,16). The van der Waals surface area contributed by atoms with Gasteiger partial charge in [-0.25, -0.2) is 0 Å². The van der Waals surface area contributed by atoms with Crippen LogP contribution in [0, 0.1) is 0 Å². The van der Waals surface area contributed by atoms with Crippen LogP contribution in [0.15, 0.2) is 48.5 Å². The number of hydrogen-bond acceptors (Lipinski definition) is 3. The largest absolute Gasteiger partial charge is 0.508 e. The summed E-state index contributed by atoms with van der Waals surface area (Å²) in [6.45, 7) is 0.325. The van der Waals surface area contributed by atoms with Crippen LogP contribution in [0.4, 0.5) is 5.69 Å². The minimum Gasteiger partial charge on any atom is -0.508 e. The van der Waals surface area contributed by atoms with Gasteiger partial charge in [-0.2, -0.15) is 0 Å². The van der Waals surface area contributed by atoms with Gasteiger partial charge in [-0.05, 0) is 29.8 Å². The Morgan fingerprint density at radius 3 is 2.78 bits per heavy atom. The van der Waals surface area contributed by atoms with Crippen LogP contribution in [0.3, 0.4) is 0 Å². The fourth-order valence-electron chi connectivity index (χ4n) is 1.58. The van der Waals surface area contributed by atoms with E-state index in [0.717, 1.165) is 5.56 Å². The molecule has 0 aromatic heterocycles. The van der Waals surface area contributed by atoms with Gasteiger partial charge in [-0.15, -0.1) is 0 Å². The number of carbonyl (C=O) groups excluding carboxylic acids is 1. The van der Waals surface area contributed by atoms with Gasteiger partial charge in [0.15, 0.2) is 0 Å². The molecule has 2 aromatic rings. The van der Waals surface area contributed by atoms with Crippen molar-refractivity contribution in [3.05, 3.63) is 54.1 Å². The summed E-state index contributed by atoms with van der Waals surface area (Å²) in [7, 11) is 0. The highest BCUT2D eigenvalue weighted by atomic mass is 16.5. The number of aromatic hydroxyl groups is 1. The van der Waals surface area contributed by atoms with E-state index in [1.165, 1.54) is 0 Å². The van der Waals surface area contributed by atoms with E-state index in [9.17, 15) is 9.90 Å². The van der Waals surface area contributed by atoms with E-state index in [0.29, 0.717) is 24.5 Å². The molecule has 2 N–H and O–H groups in total. The predicted octanol–water partition coefficient (Wildman–Crippen LogP) is 2.54.